The van der Waals surface area contributed by atoms with E-state index < -0.39 is 29.5 Å². The monoisotopic (exact) mass is 504 g/mol. The number of carbonyl (C=O) groups excluding carboxylic acids is 2. The largest absolute Gasteiger partial charge is 0.368 e. The minimum absolute atomic E-state index is 0.146. The molecule has 2 aliphatic rings. The summed E-state index contributed by atoms with van der Waals surface area (Å²) in [4.78, 5) is 28.6. The number of hydrogen-bond acceptors (Lipinski definition) is 4. The molecule has 2 fully saturated rings. The Bertz CT molecular complexity index is 1260. The molecule has 3 atom stereocenters. The van der Waals surface area contributed by atoms with Gasteiger partial charge in [-0.05, 0) is 61.2 Å². The van der Waals surface area contributed by atoms with Crippen LogP contribution in [-0.4, -0.2) is 43.5 Å². The molecule has 3 N–H and O–H groups in total. The van der Waals surface area contributed by atoms with Crippen LogP contribution in [0.2, 0.25) is 0 Å². The van der Waals surface area contributed by atoms with Crippen molar-refractivity contribution >= 4 is 23.2 Å². The number of carbonyl (C=O) groups is 2. The number of benzene rings is 3. The van der Waals surface area contributed by atoms with Crippen molar-refractivity contribution in [1.82, 2.24) is 10.6 Å². The Morgan fingerprint density at radius 2 is 1.78 bits per heavy atom. The van der Waals surface area contributed by atoms with Crippen LogP contribution in [0.25, 0.3) is 0 Å². The third-order valence-electron chi connectivity index (χ3n) is 7.18. The molecule has 0 radical (unpaired) electrons. The van der Waals surface area contributed by atoms with Gasteiger partial charge in [-0.1, -0.05) is 42.5 Å². The van der Waals surface area contributed by atoms with Gasteiger partial charge in [0, 0.05) is 25.6 Å². The lowest BCUT2D eigenvalue weighted by molar-refractivity contribution is -0.118. The molecule has 6 nitrogen and oxygen atoms in total. The van der Waals surface area contributed by atoms with Gasteiger partial charge in [-0.15, -0.1) is 0 Å². The van der Waals surface area contributed by atoms with Gasteiger partial charge in [0.05, 0.1) is 16.9 Å². The molecule has 3 aromatic carbocycles. The molecule has 3 aromatic rings. The molecule has 8 heteroatoms. The molecule has 2 amide bonds. The Hall–Kier alpha value is -3.78. The average molecular weight is 505 g/mol. The zero-order chi connectivity index (χ0) is 25.8. The van der Waals surface area contributed by atoms with Gasteiger partial charge in [0.15, 0.2) is 0 Å². The van der Waals surface area contributed by atoms with Crippen LogP contribution < -0.4 is 20.9 Å². The molecule has 37 heavy (non-hydrogen) atoms. The summed E-state index contributed by atoms with van der Waals surface area (Å²) in [6.07, 6.45) is 2.46. The number of fused-ring (bicyclic) bond motifs is 1. The van der Waals surface area contributed by atoms with E-state index in [4.69, 9.17) is 0 Å². The van der Waals surface area contributed by atoms with Gasteiger partial charge in [-0.2, -0.15) is 0 Å². The fourth-order valence-corrected chi connectivity index (χ4v) is 5.29. The SMILES string of the molecule is O=C(NC(Cc1ccccc1)C(=O)Nc1cc(F)ccc1N1CC2CCCNC2C1)c1ccccc1F. The Balaban J connectivity index is 1.38. The van der Waals surface area contributed by atoms with Gasteiger partial charge in [-0.3, -0.25) is 9.59 Å². The van der Waals surface area contributed by atoms with Crippen molar-refractivity contribution in [3.05, 3.63) is 95.6 Å². The van der Waals surface area contributed by atoms with Gasteiger partial charge < -0.3 is 20.9 Å². The van der Waals surface area contributed by atoms with E-state index in [1.54, 1.807) is 12.1 Å². The summed E-state index contributed by atoms with van der Waals surface area (Å²) in [6.45, 7) is 2.59. The third kappa shape index (κ3) is 5.80. The Labute approximate surface area is 215 Å². The van der Waals surface area contributed by atoms with E-state index in [0.29, 0.717) is 17.6 Å². The molecule has 0 aliphatic carbocycles. The minimum Gasteiger partial charge on any atom is -0.368 e. The fourth-order valence-electron chi connectivity index (χ4n) is 5.29. The second-order valence-corrected chi connectivity index (χ2v) is 9.71. The third-order valence-corrected chi connectivity index (χ3v) is 7.18. The second kappa shape index (κ2) is 11.1. The predicted octanol–water partition coefficient (Wildman–Crippen LogP) is 4.13. The Kier molecular flexibility index (Phi) is 7.46. The number of nitrogens with one attached hydrogen (secondary N) is 3. The van der Waals surface area contributed by atoms with Crippen LogP contribution in [0.5, 0.6) is 0 Å². The molecule has 0 bridgehead atoms. The highest BCUT2D eigenvalue weighted by Crippen LogP contribution is 2.34. The smallest absolute Gasteiger partial charge is 0.254 e. The Morgan fingerprint density at radius 1 is 1.00 bits per heavy atom. The van der Waals surface area contributed by atoms with E-state index in [0.717, 1.165) is 43.7 Å². The quantitative estimate of drug-likeness (QED) is 0.453. The lowest BCUT2D eigenvalue weighted by atomic mass is 9.94. The summed E-state index contributed by atoms with van der Waals surface area (Å²) in [6, 6.07) is 18.6. The first-order valence-corrected chi connectivity index (χ1v) is 12.7. The summed E-state index contributed by atoms with van der Waals surface area (Å²) in [7, 11) is 0. The molecular weight excluding hydrogens is 474 g/mol. The number of halogens is 2. The van der Waals surface area contributed by atoms with Crippen LogP contribution in [0.1, 0.15) is 28.8 Å². The van der Waals surface area contributed by atoms with Crippen LogP contribution in [0.3, 0.4) is 0 Å². The Morgan fingerprint density at radius 3 is 2.57 bits per heavy atom. The number of anilines is 2. The van der Waals surface area contributed by atoms with Crippen molar-refractivity contribution in [2.75, 3.05) is 29.9 Å². The summed E-state index contributed by atoms with van der Waals surface area (Å²) >= 11 is 0. The number of rotatable bonds is 7. The van der Waals surface area contributed by atoms with Gasteiger partial charge in [0.2, 0.25) is 5.91 Å². The molecule has 0 spiro atoms. The molecule has 0 aromatic heterocycles. The number of piperidine rings is 1. The van der Waals surface area contributed by atoms with Crippen molar-refractivity contribution in [3.8, 4) is 0 Å². The van der Waals surface area contributed by atoms with E-state index in [9.17, 15) is 18.4 Å². The molecule has 2 aliphatic heterocycles. The maximum absolute atomic E-state index is 14.3. The average Bonchev–Trinajstić information content (AvgIpc) is 3.33. The van der Waals surface area contributed by atoms with Gasteiger partial charge in [0.1, 0.15) is 17.7 Å². The van der Waals surface area contributed by atoms with Gasteiger partial charge >= 0.3 is 0 Å². The lowest BCUT2D eigenvalue weighted by Gasteiger charge is -2.24. The van der Waals surface area contributed by atoms with Crippen LogP contribution >= 0.6 is 0 Å². The van der Waals surface area contributed by atoms with Crippen molar-refractivity contribution in [2.24, 2.45) is 5.92 Å². The predicted molar refractivity (Wildman–Crippen MR) is 140 cm³/mol. The lowest BCUT2D eigenvalue weighted by Crippen LogP contribution is -2.45. The highest BCUT2D eigenvalue weighted by Gasteiger charge is 2.35. The molecule has 0 saturated carbocycles. The van der Waals surface area contributed by atoms with Crippen LogP contribution in [0.4, 0.5) is 20.2 Å². The first-order chi connectivity index (χ1) is 18.0. The summed E-state index contributed by atoms with van der Waals surface area (Å²) in [5.74, 6) is -1.83. The minimum atomic E-state index is -1.01. The molecular formula is C29H30F2N4O2. The first-order valence-electron chi connectivity index (χ1n) is 12.7. The molecule has 3 unspecified atom stereocenters. The summed E-state index contributed by atoms with van der Waals surface area (Å²) in [5.41, 5.74) is 1.77. The van der Waals surface area contributed by atoms with E-state index in [1.165, 1.54) is 30.3 Å². The van der Waals surface area contributed by atoms with Crippen molar-refractivity contribution in [1.29, 1.82) is 0 Å². The maximum Gasteiger partial charge on any atom is 0.254 e. The number of nitrogens with zero attached hydrogens (tertiary/aromatic N) is 1. The van der Waals surface area contributed by atoms with Gasteiger partial charge in [-0.25, -0.2) is 8.78 Å². The van der Waals surface area contributed by atoms with E-state index in [2.05, 4.69) is 20.9 Å². The van der Waals surface area contributed by atoms with Crippen LogP contribution in [0, 0.1) is 17.6 Å². The maximum atomic E-state index is 14.3. The van der Waals surface area contributed by atoms with E-state index >= 15 is 0 Å². The highest BCUT2D eigenvalue weighted by atomic mass is 19.1. The molecule has 5 rings (SSSR count). The van der Waals surface area contributed by atoms with Crippen LogP contribution in [0.15, 0.2) is 72.8 Å². The fraction of sp³-hybridized carbons (Fsp3) is 0.310. The van der Waals surface area contributed by atoms with Crippen LogP contribution in [-0.2, 0) is 11.2 Å². The number of hydrogen-bond donors (Lipinski definition) is 3. The summed E-state index contributed by atoms with van der Waals surface area (Å²) in [5, 5.41) is 9.09. The molecule has 2 saturated heterocycles. The van der Waals surface area contributed by atoms with Crippen molar-refractivity contribution in [3.63, 3.8) is 0 Å². The number of amides is 2. The van der Waals surface area contributed by atoms with Crippen molar-refractivity contribution < 1.29 is 18.4 Å². The van der Waals surface area contributed by atoms with Crippen molar-refractivity contribution in [2.45, 2.75) is 31.3 Å². The standard InChI is InChI=1S/C29H30F2N4O2/c30-21-12-13-27(35-17-20-9-6-14-32-26(20)18-35)24(16-21)33-29(37)25(15-19-7-2-1-3-8-19)34-28(36)22-10-4-5-11-23(22)31/h1-5,7-8,10-13,16,20,25-26,32H,6,9,14-15,17-18H2,(H,33,37)(H,34,36). The highest BCUT2D eigenvalue weighted by molar-refractivity contribution is 6.02. The van der Waals surface area contributed by atoms with Gasteiger partial charge in [0.25, 0.3) is 5.91 Å². The molecule has 192 valence electrons. The van der Waals surface area contributed by atoms with E-state index in [1.807, 2.05) is 30.3 Å². The summed E-state index contributed by atoms with van der Waals surface area (Å²) < 4.78 is 28.6. The topological polar surface area (TPSA) is 73.5 Å². The normalized spacial score (nSPS) is 19.7. The zero-order valence-electron chi connectivity index (χ0n) is 20.4. The second-order valence-electron chi connectivity index (χ2n) is 9.71. The van der Waals surface area contributed by atoms with E-state index in [-0.39, 0.29) is 12.0 Å². The first kappa shape index (κ1) is 24.9. The zero-order valence-corrected chi connectivity index (χ0v) is 20.4. The molecule has 2 heterocycles.